The molecule has 3 heterocycles. The van der Waals surface area contributed by atoms with Crippen molar-refractivity contribution in [1.82, 2.24) is 15.0 Å². The van der Waals surface area contributed by atoms with Crippen LogP contribution in [-0.2, 0) is 6.54 Å². The highest BCUT2D eigenvalue weighted by atomic mass is 32.1. The van der Waals surface area contributed by atoms with E-state index < -0.39 is 0 Å². The highest BCUT2D eigenvalue weighted by Crippen LogP contribution is 2.20. The molecule has 1 aliphatic rings. The fourth-order valence-electron chi connectivity index (χ4n) is 2.40. The number of aromatic nitrogens is 3. The van der Waals surface area contributed by atoms with E-state index in [0.29, 0.717) is 19.0 Å². The largest absolute Gasteiger partial charge is 0.391 e. The van der Waals surface area contributed by atoms with Crippen LogP contribution in [-0.4, -0.2) is 46.3 Å². The number of thiazole rings is 1. The molecule has 1 aliphatic heterocycles. The molecule has 1 fully saturated rings. The van der Waals surface area contributed by atoms with Gasteiger partial charge < -0.3 is 14.9 Å². The van der Waals surface area contributed by atoms with E-state index in [2.05, 4.69) is 19.9 Å². The molecule has 112 valence electrons. The van der Waals surface area contributed by atoms with Crippen LogP contribution in [0.15, 0.2) is 17.6 Å². The molecule has 2 aromatic heterocycles. The van der Waals surface area contributed by atoms with Gasteiger partial charge in [-0.3, -0.25) is 0 Å². The third-order valence-corrected chi connectivity index (χ3v) is 4.45. The number of hydrogen-bond acceptors (Lipinski definition) is 7. The monoisotopic (exact) mass is 305 g/mol. The molecule has 0 radical (unpaired) electrons. The lowest BCUT2D eigenvalue weighted by molar-refractivity contribution is 0.198. The third-order valence-electron chi connectivity index (χ3n) is 3.50. The minimum absolute atomic E-state index is 0.251. The first kappa shape index (κ1) is 14.2. The van der Waals surface area contributed by atoms with Crippen molar-refractivity contribution in [2.24, 2.45) is 0 Å². The predicted octanol–water partition coefficient (Wildman–Crippen LogP) is 1.45. The maximum atomic E-state index is 9.63. The molecule has 6 nitrogen and oxygen atoms in total. The van der Waals surface area contributed by atoms with E-state index in [1.54, 1.807) is 17.5 Å². The Balaban J connectivity index is 1.73. The smallest absolute Gasteiger partial charge is 0.227 e. The predicted molar refractivity (Wildman–Crippen MR) is 83.8 cm³/mol. The van der Waals surface area contributed by atoms with E-state index >= 15 is 0 Å². The zero-order chi connectivity index (χ0) is 14.8. The average Bonchev–Trinajstić information content (AvgIpc) is 3.08. The number of aryl methyl sites for hydroxylation is 1. The van der Waals surface area contributed by atoms with Crippen LogP contribution in [0.4, 0.5) is 11.8 Å². The van der Waals surface area contributed by atoms with Crippen molar-refractivity contribution in [1.29, 1.82) is 0 Å². The Morgan fingerprint density at radius 3 is 3.00 bits per heavy atom. The van der Waals surface area contributed by atoms with E-state index in [4.69, 9.17) is 0 Å². The van der Waals surface area contributed by atoms with Crippen LogP contribution >= 0.6 is 11.3 Å². The minimum Gasteiger partial charge on any atom is -0.391 e. The van der Waals surface area contributed by atoms with Gasteiger partial charge in [-0.1, -0.05) is 0 Å². The number of aliphatic hydroxyl groups excluding tert-OH is 1. The standard InChI is InChI=1S/C14H19N5OS/c1-10-9-21-13(16-10)8-18(2)14-15-5-3-12(17-14)19-6-4-11(20)7-19/h3,5,9,11,20H,4,6-8H2,1-2H3/t11-/m0/s1. The van der Waals surface area contributed by atoms with Crippen LogP contribution in [0.25, 0.3) is 0 Å². The molecule has 1 atom stereocenters. The molecule has 0 saturated carbocycles. The van der Waals surface area contributed by atoms with Gasteiger partial charge in [0.25, 0.3) is 0 Å². The molecule has 7 heteroatoms. The summed E-state index contributed by atoms with van der Waals surface area (Å²) in [5, 5.41) is 12.7. The van der Waals surface area contributed by atoms with E-state index in [-0.39, 0.29) is 6.10 Å². The Morgan fingerprint density at radius 1 is 1.48 bits per heavy atom. The first-order chi connectivity index (χ1) is 10.1. The van der Waals surface area contributed by atoms with Crippen LogP contribution < -0.4 is 9.80 Å². The summed E-state index contributed by atoms with van der Waals surface area (Å²) >= 11 is 1.65. The minimum atomic E-state index is -0.251. The number of hydrogen-bond donors (Lipinski definition) is 1. The maximum Gasteiger partial charge on any atom is 0.227 e. The van der Waals surface area contributed by atoms with Crippen LogP contribution in [0.5, 0.6) is 0 Å². The van der Waals surface area contributed by atoms with Crippen LogP contribution in [0, 0.1) is 6.92 Å². The Morgan fingerprint density at radius 2 is 2.33 bits per heavy atom. The van der Waals surface area contributed by atoms with Gasteiger partial charge in [-0.2, -0.15) is 4.98 Å². The third kappa shape index (κ3) is 3.30. The van der Waals surface area contributed by atoms with Gasteiger partial charge in [0.15, 0.2) is 0 Å². The zero-order valence-corrected chi connectivity index (χ0v) is 13.0. The van der Waals surface area contributed by atoms with Crippen molar-refractivity contribution < 1.29 is 5.11 Å². The van der Waals surface area contributed by atoms with Crippen molar-refractivity contribution in [3.63, 3.8) is 0 Å². The molecule has 0 amide bonds. The molecule has 21 heavy (non-hydrogen) atoms. The first-order valence-corrected chi connectivity index (χ1v) is 7.88. The fraction of sp³-hybridized carbons (Fsp3) is 0.500. The summed E-state index contributed by atoms with van der Waals surface area (Å²) in [6.07, 6.45) is 2.32. The van der Waals surface area contributed by atoms with Gasteiger partial charge in [-0.15, -0.1) is 11.3 Å². The van der Waals surface area contributed by atoms with Crippen molar-refractivity contribution in [3.05, 3.63) is 28.3 Å². The summed E-state index contributed by atoms with van der Waals surface area (Å²) in [6.45, 7) is 4.18. The molecular formula is C14H19N5OS. The molecule has 2 aromatic rings. The summed E-state index contributed by atoms with van der Waals surface area (Å²) in [7, 11) is 1.97. The van der Waals surface area contributed by atoms with Gasteiger partial charge in [-0.25, -0.2) is 9.97 Å². The fourth-order valence-corrected chi connectivity index (χ4v) is 3.22. The van der Waals surface area contributed by atoms with Gasteiger partial charge in [0.2, 0.25) is 5.95 Å². The second kappa shape index (κ2) is 5.95. The number of nitrogens with zero attached hydrogens (tertiary/aromatic N) is 5. The Labute approximate surface area is 128 Å². The van der Waals surface area contributed by atoms with Gasteiger partial charge >= 0.3 is 0 Å². The van der Waals surface area contributed by atoms with Crippen LogP contribution in [0.1, 0.15) is 17.1 Å². The van der Waals surface area contributed by atoms with Gasteiger partial charge in [0.1, 0.15) is 10.8 Å². The number of β-amino-alcohol motifs (C(OH)–C–C–N with tert-alkyl or cyclic N) is 1. The maximum absolute atomic E-state index is 9.63. The lowest BCUT2D eigenvalue weighted by atomic mass is 10.3. The van der Waals surface area contributed by atoms with E-state index in [9.17, 15) is 5.11 Å². The zero-order valence-electron chi connectivity index (χ0n) is 12.2. The highest BCUT2D eigenvalue weighted by Gasteiger charge is 2.22. The Hall–Kier alpha value is -1.73. The summed E-state index contributed by atoms with van der Waals surface area (Å²) in [5.41, 5.74) is 1.05. The molecule has 0 unspecified atom stereocenters. The van der Waals surface area contributed by atoms with Gasteiger partial charge in [-0.05, 0) is 19.4 Å². The molecule has 0 aromatic carbocycles. The van der Waals surface area contributed by atoms with Crippen LogP contribution in [0.2, 0.25) is 0 Å². The molecule has 1 saturated heterocycles. The van der Waals surface area contributed by atoms with E-state index in [0.717, 1.165) is 29.5 Å². The first-order valence-electron chi connectivity index (χ1n) is 7.00. The summed E-state index contributed by atoms with van der Waals surface area (Å²) < 4.78 is 0. The second-order valence-electron chi connectivity index (χ2n) is 5.34. The van der Waals surface area contributed by atoms with E-state index in [1.807, 2.05) is 30.3 Å². The molecule has 3 rings (SSSR count). The molecule has 0 aliphatic carbocycles. The SMILES string of the molecule is Cc1csc(CN(C)c2nccc(N3CC[C@H](O)C3)n2)n1. The molecule has 0 bridgehead atoms. The summed E-state index contributed by atoms with van der Waals surface area (Å²) in [4.78, 5) is 17.5. The number of anilines is 2. The van der Waals surface area contributed by atoms with Crippen molar-refractivity contribution in [3.8, 4) is 0 Å². The summed E-state index contributed by atoms with van der Waals surface area (Å²) in [5.74, 6) is 1.56. The molecule has 0 spiro atoms. The molecular weight excluding hydrogens is 286 g/mol. The molecule has 1 N–H and O–H groups in total. The van der Waals surface area contributed by atoms with Crippen molar-refractivity contribution in [2.45, 2.75) is 26.0 Å². The van der Waals surface area contributed by atoms with Crippen molar-refractivity contribution >= 4 is 23.1 Å². The van der Waals surface area contributed by atoms with Crippen molar-refractivity contribution in [2.75, 3.05) is 29.9 Å². The topological polar surface area (TPSA) is 65.4 Å². The lowest BCUT2D eigenvalue weighted by Gasteiger charge is -2.20. The lowest BCUT2D eigenvalue weighted by Crippen LogP contribution is -2.24. The Kier molecular flexibility index (Phi) is 4.03. The average molecular weight is 305 g/mol. The number of aliphatic hydroxyl groups is 1. The van der Waals surface area contributed by atoms with Crippen LogP contribution in [0.3, 0.4) is 0 Å². The van der Waals surface area contributed by atoms with Gasteiger partial charge in [0.05, 0.1) is 12.6 Å². The quantitative estimate of drug-likeness (QED) is 0.922. The normalized spacial score (nSPS) is 18.2. The summed E-state index contributed by atoms with van der Waals surface area (Å²) in [6, 6.07) is 1.89. The van der Waals surface area contributed by atoms with E-state index in [1.165, 1.54) is 0 Å². The Bertz CT molecular complexity index is 617. The second-order valence-corrected chi connectivity index (χ2v) is 6.28. The highest BCUT2D eigenvalue weighted by molar-refractivity contribution is 7.09. The van der Waals surface area contributed by atoms with Gasteiger partial charge in [0, 0.05) is 37.4 Å². The number of rotatable bonds is 4.